The van der Waals surface area contributed by atoms with E-state index in [0.29, 0.717) is 24.5 Å². The van der Waals surface area contributed by atoms with Gasteiger partial charge in [-0.05, 0) is 31.9 Å². The predicted molar refractivity (Wildman–Crippen MR) is 106 cm³/mol. The van der Waals surface area contributed by atoms with E-state index in [1.807, 2.05) is 6.92 Å². The van der Waals surface area contributed by atoms with E-state index in [9.17, 15) is 18.0 Å². The minimum absolute atomic E-state index is 0.107. The molecule has 28 heavy (non-hydrogen) atoms. The average molecular weight is 423 g/mol. The van der Waals surface area contributed by atoms with Gasteiger partial charge in [0.2, 0.25) is 21.8 Å². The number of amides is 2. The second-order valence-corrected chi connectivity index (χ2v) is 9.73. The maximum atomic E-state index is 12.8. The molecule has 1 fully saturated rings. The molecule has 0 aliphatic carbocycles. The summed E-state index contributed by atoms with van der Waals surface area (Å²) in [4.78, 5) is 29.6. The van der Waals surface area contributed by atoms with Crippen LogP contribution >= 0.6 is 11.3 Å². The number of nitrogens with zero attached hydrogens (tertiary/aromatic N) is 2. The van der Waals surface area contributed by atoms with Crippen LogP contribution in [0.5, 0.6) is 0 Å². The van der Waals surface area contributed by atoms with Crippen LogP contribution in [0.2, 0.25) is 0 Å². The second-order valence-electron chi connectivity index (χ2n) is 6.56. The van der Waals surface area contributed by atoms with Crippen molar-refractivity contribution >= 4 is 38.3 Å². The van der Waals surface area contributed by atoms with Crippen molar-refractivity contribution < 1.29 is 18.0 Å². The molecule has 1 aliphatic heterocycles. The van der Waals surface area contributed by atoms with Crippen LogP contribution in [-0.2, 0) is 19.6 Å². The molecule has 0 spiro atoms. The first kappa shape index (κ1) is 20.4. The summed E-state index contributed by atoms with van der Waals surface area (Å²) >= 11 is 1.35. The highest BCUT2D eigenvalue weighted by Gasteiger charge is 2.33. The van der Waals surface area contributed by atoms with Crippen molar-refractivity contribution in [3.63, 3.8) is 0 Å². The van der Waals surface area contributed by atoms with E-state index in [1.165, 1.54) is 15.6 Å². The normalized spacial score (nSPS) is 17.8. The Hall–Kier alpha value is -2.30. The Balaban J connectivity index is 1.55. The maximum Gasteiger partial charge on any atom is 0.245 e. The molecule has 10 heteroatoms. The van der Waals surface area contributed by atoms with Crippen LogP contribution in [-0.4, -0.2) is 49.2 Å². The number of carbonyl (C=O) groups excluding carboxylic acids is 2. The number of piperidine rings is 1. The Labute approximate surface area is 168 Å². The van der Waals surface area contributed by atoms with E-state index in [1.54, 1.807) is 36.5 Å². The van der Waals surface area contributed by atoms with Crippen LogP contribution < -0.4 is 10.6 Å². The molecule has 1 saturated heterocycles. The van der Waals surface area contributed by atoms with Gasteiger partial charge in [0, 0.05) is 24.2 Å². The minimum Gasteiger partial charge on any atom is -0.347 e. The van der Waals surface area contributed by atoms with Gasteiger partial charge in [-0.2, -0.15) is 4.31 Å². The molecule has 1 aromatic heterocycles. The first-order valence-electron chi connectivity index (χ1n) is 8.91. The van der Waals surface area contributed by atoms with E-state index in [4.69, 9.17) is 0 Å². The van der Waals surface area contributed by atoms with Crippen LogP contribution in [0, 0.1) is 12.8 Å². The van der Waals surface area contributed by atoms with E-state index >= 15 is 0 Å². The van der Waals surface area contributed by atoms with Crippen molar-refractivity contribution in [3.05, 3.63) is 41.4 Å². The van der Waals surface area contributed by atoms with Gasteiger partial charge >= 0.3 is 0 Å². The Kier molecular flexibility index (Phi) is 6.42. The van der Waals surface area contributed by atoms with Gasteiger partial charge in [-0.3, -0.25) is 9.59 Å². The molecule has 1 aromatic carbocycles. The lowest BCUT2D eigenvalue weighted by Crippen LogP contribution is -2.46. The SMILES string of the molecule is Cc1cnc(NC(=O)CNC(=O)[C@H]2CCCN(S(=O)(=O)c3ccccc3)C2)s1. The van der Waals surface area contributed by atoms with Crippen molar-refractivity contribution in [2.24, 2.45) is 5.92 Å². The molecule has 150 valence electrons. The highest BCUT2D eigenvalue weighted by atomic mass is 32.2. The van der Waals surface area contributed by atoms with Crippen LogP contribution in [0.4, 0.5) is 5.13 Å². The molecule has 2 heterocycles. The molecule has 0 radical (unpaired) electrons. The molecule has 1 aliphatic rings. The number of carbonyl (C=O) groups is 2. The largest absolute Gasteiger partial charge is 0.347 e. The van der Waals surface area contributed by atoms with Gasteiger partial charge < -0.3 is 10.6 Å². The van der Waals surface area contributed by atoms with E-state index in [2.05, 4.69) is 15.6 Å². The average Bonchev–Trinajstić information content (AvgIpc) is 3.11. The first-order chi connectivity index (χ1) is 13.4. The molecule has 3 rings (SSSR count). The van der Waals surface area contributed by atoms with Crippen LogP contribution in [0.15, 0.2) is 41.4 Å². The number of rotatable bonds is 6. The summed E-state index contributed by atoms with van der Waals surface area (Å²) in [6.07, 6.45) is 2.83. The van der Waals surface area contributed by atoms with Gasteiger partial charge in [-0.15, -0.1) is 11.3 Å². The standard InChI is InChI=1S/C18H22N4O4S2/c1-13-10-20-18(27-13)21-16(23)11-19-17(24)14-6-5-9-22(12-14)28(25,26)15-7-3-2-4-8-15/h2-4,7-8,10,14H,5-6,9,11-12H2,1H3,(H,19,24)(H,20,21,23)/t14-/m0/s1. The zero-order chi connectivity index (χ0) is 20.1. The molecule has 0 unspecified atom stereocenters. The van der Waals surface area contributed by atoms with Crippen molar-refractivity contribution in [2.75, 3.05) is 25.0 Å². The summed E-state index contributed by atoms with van der Waals surface area (Å²) in [7, 11) is -3.63. The number of aryl methyl sites for hydroxylation is 1. The molecule has 0 saturated carbocycles. The summed E-state index contributed by atoms with van der Waals surface area (Å²) in [6.45, 7) is 2.19. The van der Waals surface area contributed by atoms with Gasteiger partial charge in [-0.1, -0.05) is 18.2 Å². The van der Waals surface area contributed by atoms with Crippen LogP contribution in [0.25, 0.3) is 0 Å². The van der Waals surface area contributed by atoms with Gasteiger partial charge in [0.1, 0.15) is 0 Å². The maximum absolute atomic E-state index is 12.8. The molecule has 2 N–H and O–H groups in total. The number of benzene rings is 1. The summed E-state index contributed by atoms with van der Waals surface area (Å²) < 4.78 is 26.8. The number of hydrogen-bond donors (Lipinski definition) is 2. The lowest BCUT2D eigenvalue weighted by Gasteiger charge is -2.31. The first-order valence-corrected chi connectivity index (χ1v) is 11.2. The summed E-state index contributed by atoms with van der Waals surface area (Å²) in [5, 5.41) is 5.70. The monoisotopic (exact) mass is 422 g/mol. The fraction of sp³-hybridized carbons (Fsp3) is 0.389. The van der Waals surface area contributed by atoms with E-state index in [0.717, 1.165) is 4.88 Å². The molecular formula is C18H22N4O4S2. The number of anilines is 1. The van der Waals surface area contributed by atoms with Gasteiger partial charge in [0.05, 0.1) is 17.4 Å². The molecular weight excluding hydrogens is 400 g/mol. The van der Waals surface area contributed by atoms with Gasteiger partial charge in [-0.25, -0.2) is 13.4 Å². The molecule has 2 amide bonds. The third-order valence-electron chi connectivity index (χ3n) is 4.43. The zero-order valence-corrected chi connectivity index (χ0v) is 17.1. The lowest BCUT2D eigenvalue weighted by atomic mass is 9.99. The highest BCUT2D eigenvalue weighted by Crippen LogP contribution is 2.23. The van der Waals surface area contributed by atoms with Gasteiger partial charge in [0.25, 0.3) is 0 Å². The highest BCUT2D eigenvalue weighted by molar-refractivity contribution is 7.89. The molecule has 2 aromatic rings. The summed E-state index contributed by atoms with van der Waals surface area (Å²) in [5.41, 5.74) is 0. The molecule has 1 atom stereocenters. The summed E-state index contributed by atoms with van der Waals surface area (Å²) in [5.74, 6) is -1.17. The molecule has 0 bridgehead atoms. The summed E-state index contributed by atoms with van der Waals surface area (Å²) in [6, 6.07) is 8.18. The Morgan fingerprint density at radius 1 is 1.29 bits per heavy atom. The minimum atomic E-state index is -3.63. The predicted octanol–water partition coefficient (Wildman–Crippen LogP) is 1.61. The Morgan fingerprint density at radius 2 is 2.04 bits per heavy atom. The van der Waals surface area contributed by atoms with Crippen molar-refractivity contribution in [2.45, 2.75) is 24.7 Å². The van der Waals surface area contributed by atoms with Crippen molar-refractivity contribution in [3.8, 4) is 0 Å². The number of sulfonamides is 1. The topological polar surface area (TPSA) is 108 Å². The zero-order valence-electron chi connectivity index (χ0n) is 15.4. The number of aromatic nitrogens is 1. The molecule has 8 nitrogen and oxygen atoms in total. The third kappa shape index (κ3) is 4.94. The van der Waals surface area contributed by atoms with Crippen molar-refractivity contribution in [1.82, 2.24) is 14.6 Å². The quantitative estimate of drug-likeness (QED) is 0.735. The number of nitrogens with one attached hydrogen (secondary N) is 2. The van der Waals surface area contributed by atoms with E-state index < -0.39 is 15.9 Å². The number of hydrogen-bond acceptors (Lipinski definition) is 6. The second kappa shape index (κ2) is 8.80. The van der Waals surface area contributed by atoms with E-state index in [-0.39, 0.29) is 29.8 Å². The van der Waals surface area contributed by atoms with Crippen molar-refractivity contribution in [1.29, 1.82) is 0 Å². The van der Waals surface area contributed by atoms with Crippen LogP contribution in [0.3, 0.4) is 0 Å². The fourth-order valence-electron chi connectivity index (χ4n) is 3.00. The lowest BCUT2D eigenvalue weighted by molar-refractivity contribution is -0.128. The smallest absolute Gasteiger partial charge is 0.245 e. The Bertz CT molecular complexity index is 944. The number of thiazole rings is 1. The fourth-order valence-corrected chi connectivity index (χ4v) is 5.23. The third-order valence-corrected chi connectivity index (χ3v) is 7.13. The Morgan fingerprint density at radius 3 is 2.71 bits per heavy atom. The van der Waals surface area contributed by atoms with Gasteiger partial charge in [0.15, 0.2) is 5.13 Å². The van der Waals surface area contributed by atoms with Crippen LogP contribution in [0.1, 0.15) is 17.7 Å².